The minimum absolute atomic E-state index is 0.00756. The minimum atomic E-state index is -0.158. The summed E-state index contributed by atoms with van der Waals surface area (Å²) in [7, 11) is 0. The van der Waals surface area contributed by atoms with Crippen molar-refractivity contribution in [2.75, 3.05) is 26.3 Å². The molecule has 0 saturated heterocycles. The van der Waals surface area contributed by atoms with Crippen molar-refractivity contribution in [1.82, 2.24) is 9.80 Å². The number of nitrogens with zero attached hydrogens (tertiary/aromatic N) is 2. The molecule has 2 aromatic carbocycles. The van der Waals surface area contributed by atoms with Gasteiger partial charge in [-0.25, -0.2) is 0 Å². The number of amides is 2. The first kappa shape index (κ1) is 24.3. The van der Waals surface area contributed by atoms with Crippen molar-refractivity contribution in [3.05, 3.63) is 95.4 Å². The molecule has 0 saturated carbocycles. The summed E-state index contributed by atoms with van der Waals surface area (Å²) in [5.74, 6) is 1.23. The molecular weight excluding hydrogens is 416 g/mol. The summed E-state index contributed by atoms with van der Waals surface area (Å²) in [5.41, 5.74) is 1.59. The molecule has 6 nitrogen and oxygen atoms in total. The molecule has 0 aliphatic rings. The Kier molecular flexibility index (Phi) is 9.27. The third-order valence-electron chi connectivity index (χ3n) is 5.27. The molecule has 3 aromatic rings. The Labute approximate surface area is 195 Å². The maximum atomic E-state index is 13.5. The average Bonchev–Trinajstić information content (AvgIpc) is 3.25. The van der Waals surface area contributed by atoms with Crippen LogP contribution in [-0.2, 0) is 22.6 Å². The molecular formula is C27H32N2O4. The van der Waals surface area contributed by atoms with Crippen molar-refractivity contribution < 1.29 is 18.7 Å². The quantitative estimate of drug-likeness (QED) is 0.377. The van der Waals surface area contributed by atoms with Crippen LogP contribution in [0, 0.1) is 6.92 Å². The Morgan fingerprint density at radius 2 is 1.58 bits per heavy atom. The Hall–Kier alpha value is -3.38. The van der Waals surface area contributed by atoms with Gasteiger partial charge in [-0.2, -0.15) is 0 Å². The molecule has 0 bridgehead atoms. The fraction of sp³-hybridized carbons (Fsp3) is 0.333. The van der Waals surface area contributed by atoms with Crippen molar-refractivity contribution in [2.24, 2.45) is 0 Å². The summed E-state index contributed by atoms with van der Waals surface area (Å²) in [6.07, 6.45) is 0.662. The van der Waals surface area contributed by atoms with Crippen LogP contribution in [0.3, 0.4) is 0 Å². The average molecular weight is 449 g/mol. The zero-order chi connectivity index (χ0) is 23.5. The number of ether oxygens (including phenoxy) is 1. The maximum Gasteiger partial charge on any atom is 0.254 e. The monoisotopic (exact) mass is 448 g/mol. The van der Waals surface area contributed by atoms with Crippen molar-refractivity contribution in [2.45, 2.75) is 33.4 Å². The van der Waals surface area contributed by atoms with Gasteiger partial charge in [-0.05, 0) is 50.1 Å². The molecule has 2 amide bonds. The smallest absolute Gasteiger partial charge is 0.254 e. The lowest BCUT2D eigenvalue weighted by Gasteiger charge is -2.27. The topological polar surface area (TPSA) is 63.0 Å². The number of aryl methyl sites for hydroxylation is 1. The van der Waals surface area contributed by atoms with Gasteiger partial charge in [-0.3, -0.25) is 9.59 Å². The molecule has 0 aliphatic heterocycles. The fourth-order valence-corrected chi connectivity index (χ4v) is 3.58. The van der Waals surface area contributed by atoms with Gasteiger partial charge >= 0.3 is 0 Å². The maximum absolute atomic E-state index is 13.5. The standard InChI is InChI=1S/C27H32N2O4/c1-3-32-18-10-17-28(27(31)24-13-8-5-9-14-24)21-26(30)29(19-23-11-6-4-7-12-23)20-25-16-15-22(2)33-25/h4-9,11-16H,3,10,17-21H2,1-2H3. The third-order valence-corrected chi connectivity index (χ3v) is 5.27. The number of carbonyl (C=O) groups is 2. The molecule has 1 aromatic heterocycles. The van der Waals surface area contributed by atoms with E-state index in [0.29, 0.717) is 50.6 Å². The molecule has 0 atom stereocenters. The van der Waals surface area contributed by atoms with Crippen LogP contribution < -0.4 is 0 Å². The lowest BCUT2D eigenvalue weighted by molar-refractivity contribution is -0.133. The minimum Gasteiger partial charge on any atom is -0.464 e. The second kappa shape index (κ2) is 12.6. The molecule has 6 heteroatoms. The van der Waals surface area contributed by atoms with Crippen LogP contribution in [0.2, 0.25) is 0 Å². The van der Waals surface area contributed by atoms with Crippen LogP contribution in [0.5, 0.6) is 0 Å². The summed E-state index contributed by atoms with van der Waals surface area (Å²) in [6.45, 7) is 6.20. The second-order valence-corrected chi connectivity index (χ2v) is 7.89. The predicted molar refractivity (Wildman–Crippen MR) is 128 cm³/mol. The lowest BCUT2D eigenvalue weighted by atomic mass is 10.2. The van der Waals surface area contributed by atoms with E-state index < -0.39 is 0 Å². The van der Waals surface area contributed by atoms with E-state index in [1.165, 1.54) is 0 Å². The lowest BCUT2D eigenvalue weighted by Crippen LogP contribution is -2.43. The van der Waals surface area contributed by atoms with Crippen molar-refractivity contribution in [3.63, 3.8) is 0 Å². The first-order valence-electron chi connectivity index (χ1n) is 11.4. The van der Waals surface area contributed by atoms with Crippen LogP contribution in [0.4, 0.5) is 0 Å². The van der Waals surface area contributed by atoms with Crippen molar-refractivity contribution in [3.8, 4) is 0 Å². The molecule has 1 heterocycles. The first-order chi connectivity index (χ1) is 16.1. The Morgan fingerprint density at radius 3 is 2.21 bits per heavy atom. The highest BCUT2D eigenvalue weighted by atomic mass is 16.5. The van der Waals surface area contributed by atoms with Gasteiger partial charge in [0.05, 0.1) is 6.54 Å². The van der Waals surface area contributed by atoms with Gasteiger partial charge in [-0.1, -0.05) is 48.5 Å². The van der Waals surface area contributed by atoms with E-state index in [1.807, 2.05) is 74.5 Å². The number of hydrogen-bond donors (Lipinski definition) is 0. The van der Waals surface area contributed by atoms with Crippen molar-refractivity contribution >= 4 is 11.8 Å². The molecule has 174 valence electrons. The summed E-state index contributed by atoms with van der Waals surface area (Å²) < 4.78 is 11.2. The molecule has 0 N–H and O–H groups in total. The number of hydrogen-bond acceptors (Lipinski definition) is 4. The zero-order valence-electron chi connectivity index (χ0n) is 19.4. The Morgan fingerprint density at radius 1 is 0.879 bits per heavy atom. The van der Waals surface area contributed by atoms with E-state index in [9.17, 15) is 9.59 Å². The number of benzene rings is 2. The van der Waals surface area contributed by atoms with Gasteiger partial charge < -0.3 is 19.0 Å². The number of carbonyl (C=O) groups excluding carboxylic acids is 2. The summed E-state index contributed by atoms with van der Waals surface area (Å²) >= 11 is 0. The van der Waals surface area contributed by atoms with Gasteiger partial charge in [0, 0.05) is 31.9 Å². The highest BCUT2D eigenvalue weighted by Gasteiger charge is 2.23. The van der Waals surface area contributed by atoms with Crippen LogP contribution in [0.15, 0.2) is 77.2 Å². The molecule has 0 unspecified atom stereocenters. The van der Waals surface area contributed by atoms with Gasteiger partial charge in [0.15, 0.2) is 0 Å². The van der Waals surface area contributed by atoms with Gasteiger partial charge in [0.1, 0.15) is 18.1 Å². The van der Waals surface area contributed by atoms with E-state index in [2.05, 4.69) is 0 Å². The largest absolute Gasteiger partial charge is 0.464 e. The highest BCUT2D eigenvalue weighted by molar-refractivity contribution is 5.96. The van der Waals surface area contributed by atoms with Gasteiger partial charge in [0.25, 0.3) is 5.91 Å². The Bertz CT molecular complexity index is 1000. The first-order valence-corrected chi connectivity index (χ1v) is 11.4. The summed E-state index contributed by atoms with van der Waals surface area (Å²) in [6, 6.07) is 22.7. The molecule has 3 rings (SSSR count). The summed E-state index contributed by atoms with van der Waals surface area (Å²) in [4.78, 5) is 30.0. The van der Waals surface area contributed by atoms with E-state index in [1.54, 1.807) is 21.9 Å². The van der Waals surface area contributed by atoms with Crippen LogP contribution in [-0.4, -0.2) is 47.9 Å². The highest BCUT2D eigenvalue weighted by Crippen LogP contribution is 2.15. The number of rotatable bonds is 12. The summed E-state index contributed by atoms with van der Waals surface area (Å²) in [5, 5.41) is 0. The van der Waals surface area contributed by atoms with Crippen LogP contribution in [0.1, 0.15) is 40.8 Å². The second-order valence-electron chi connectivity index (χ2n) is 7.89. The van der Waals surface area contributed by atoms with Crippen molar-refractivity contribution in [1.29, 1.82) is 0 Å². The predicted octanol–water partition coefficient (Wildman–Crippen LogP) is 4.69. The SMILES string of the molecule is CCOCCCN(CC(=O)N(Cc1ccccc1)Cc1ccc(C)o1)C(=O)c1ccccc1. The molecule has 0 spiro atoms. The molecule has 0 aliphatic carbocycles. The van der Waals surface area contributed by atoms with E-state index in [0.717, 1.165) is 11.3 Å². The van der Waals surface area contributed by atoms with Crippen LogP contribution >= 0.6 is 0 Å². The molecule has 0 fully saturated rings. The van der Waals surface area contributed by atoms with E-state index in [4.69, 9.17) is 9.15 Å². The van der Waals surface area contributed by atoms with Gasteiger partial charge in [0.2, 0.25) is 5.91 Å². The van der Waals surface area contributed by atoms with Gasteiger partial charge in [-0.15, -0.1) is 0 Å². The third kappa shape index (κ3) is 7.61. The Balaban J connectivity index is 1.77. The van der Waals surface area contributed by atoms with Crippen LogP contribution in [0.25, 0.3) is 0 Å². The van der Waals surface area contributed by atoms with E-state index >= 15 is 0 Å². The van der Waals surface area contributed by atoms with E-state index in [-0.39, 0.29) is 18.4 Å². The number of furan rings is 1. The normalized spacial score (nSPS) is 10.7. The molecule has 0 radical (unpaired) electrons. The fourth-order valence-electron chi connectivity index (χ4n) is 3.58. The molecule has 33 heavy (non-hydrogen) atoms. The zero-order valence-corrected chi connectivity index (χ0v) is 19.4.